The molecule has 13 heteroatoms. The molecule has 8 nitrogen and oxygen atoms in total. The monoisotopic (exact) mass is 479 g/mol. The van der Waals surface area contributed by atoms with Gasteiger partial charge in [-0.25, -0.2) is 13.2 Å². The van der Waals surface area contributed by atoms with E-state index in [4.69, 9.17) is 30.1 Å². The largest absolute Gasteiger partial charge is 0.424 e. The van der Waals surface area contributed by atoms with Gasteiger partial charge in [0.25, 0.3) is 6.43 Å². The fourth-order valence-corrected chi connectivity index (χ4v) is 5.19. The van der Waals surface area contributed by atoms with Crippen molar-refractivity contribution in [2.45, 2.75) is 43.6 Å². The van der Waals surface area contributed by atoms with Crippen molar-refractivity contribution in [1.29, 1.82) is 0 Å². The highest BCUT2D eigenvalue weighted by atomic mass is 32.5. The van der Waals surface area contributed by atoms with Crippen LogP contribution in [0.5, 0.6) is 5.75 Å². The summed E-state index contributed by atoms with van der Waals surface area (Å²) in [6, 6.07) is 6.77. The summed E-state index contributed by atoms with van der Waals surface area (Å²) >= 11 is 5.21. The molecule has 3 aliphatic heterocycles. The van der Waals surface area contributed by atoms with Crippen molar-refractivity contribution < 1.29 is 46.2 Å². The Labute approximate surface area is 179 Å². The third-order valence-electron chi connectivity index (χ3n) is 5.10. The fourth-order valence-electron chi connectivity index (χ4n) is 3.38. The van der Waals surface area contributed by atoms with Crippen LogP contribution in [0.3, 0.4) is 0 Å². The fraction of sp³-hybridized carbons (Fsp3) is 0.444. The number of rotatable bonds is 5. The van der Waals surface area contributed by atoms with Gasteiger partial charge >= 0.3 is 6.72 Å². The molecule has 1 saturated heterocycles. The van der Waals surface area contributed by atoms with Crippen molar-refractivity contribution in [3.8, 4) is 5.75 Å². The highest BCUT2D eigenvalue weighted by Crippen LogP contribution is 2.56. The Morgan fingerprint density at radius 1 is 1.35 bits per heavy atom. The molecular weight excluding hydrogens is 462 g/mol. The van der Waals surface area contributed by atoms with E-state index in [1.165, 1.54) is 0 Å². The number of aliphatic hydroxyl groups excluding tert-OH is 1. The molecule has 3 aliphatic rings. The number of para-hydroxylation sites is 1. The van der Waals surface area contributed by atoms with Crippen LogP contribution in [0.2, 0.25) is 0 Å². The van der Waals surface area contributed by atoms with Gasteiger partial charge in [-0.05, 0) is 12.1 Å². The molecule has 0 bridgehead atoms. The summed E-state index contributed by atoms with van der Waals surface area (Å²) in [5, 5.41) is 10.3. The average molecular weight is 479 g/mol. The minimum atomic E-state index is -3.55. The SMILES string of the molecule is O=C1C=CN([C@@H]2O[C@@](COP3(=S)OCc4ccccc4O3)(C(F)F)[C@@H](O)[C@H]2F)C(=O)C1. The van der Waals surface area contributed by atoms with Crippen LogP contribution in [0.4, 0.5) is 13.2 Å². The van der Waals surface area contributed by atoms with Gasteiger partial charge in [0.2, 0.25) is 5.91 Å². The number of fused-ring (bicyclic) bond motifs is 1. The number of amides is 1. The lowest BCUT2D eigenvalue weighted by atomic mass is 9.97. The van der Waals surface area contributed by atoms with Gasteiger partial charge in [0.05, 0.1) is 19.6 Å². The van der Waals surface area contributed by atoms with Crippen molar-refractivity contribution >= 4 is 30.2 Å². The summed E-state index contributed by atoms with van der Waals surface area (Å²) in [5.41, 5.74) is -2.16. The molecule has 0 aliphatic carbocycles. The number of ether oxygens (including phenoxy) is 1. The predicted octanol–water partition coefficient (Wildman–Crippen LogP) is 2.21. The Morgan fingerprint density at radius 2 is 2.10 bits per heavy atom. The number of hydrogen-bond acceptors (Lipinski definition) is 8. The first-order valence-electron chi connectivity index (χ1n) is 9.12. The molecule has 168 valence electrons. The molecule has 31 heavy (non-hydrogen) atoms. The number of alkyl halides is 3. The Kier molecular flexibility index (Phi) is 5.97. The number of allylic oxidation sites excluding steroid dienone is 1. The first-order valence-corrected chi connectivity index (χ1v) is 11.7. The maximum atomic E-state index is 14.8. The van der Waals surface area contributed by atoms with E-state index in [0.29, 0.717) is 16.2 Å². The number of carbonyl (C=O) groups excluding carboxylic acids is 2. The molecule has 1 unspecified atom stereocenters. The Bertz CT molecular complexity index is 979. The summed E-state index contributed by atoms with van der Waals surface area (Å²) in [5.74, 6) is -1.00. The van der Waals surface area contributed by atoms with Gasteiger partial charge in [0.15, 0.2) is 23.8 Å². The van der Waals surface area contributed by atoms with Gasteiger partial charge in [-0.2, -0.15) is 0 Å². The van der Waals surface area contributed by atoms with E-state index in [9.17, 15) is 27.9 Å². The molecule has 3 heterocycles. The highest BCUT2D eigenvalue weighted by Gasteiger charge is 2.63. The smallest absolute Gasteiger partial charge is 0.381 e. The van der Waals surface area contributed by atoms with Gasteiger partial charge in [-0.3, -0.25) is 23.5 Å². The van der Waals surface area contributed by atoms with Crippen LogP contribution in [0.15, 0.2) is 36.5 Å². The maximum Gasteiger partial charge on any atom is 0.381 e. The molecule has 1 N–H and O–H groups in total. The van der Waals surface area contributed by atoms with Crippen molar-refractivity contribution in [3.05, 3.63) is 42.1 Å². The van der Waals surface area contributed by atoms with Crippen LogP contribution in [-0.4, -0.2) is 58.8 Å². The molecule has 1 fully saturated rings. The van der Waals surface area contributed by atoms with E-state index >= 15 is 0 Å². The van der Waals surface area contributed by atoms with Crippen LogP contribution >= 0.6 is 6.72 Å². The molecule has 0 saturated carbocycles. The third kappa shape index (κ3) is 4.04. The van der Waals surface area contributed by atoms with Gasteiger partial charge in [-0.1, -0.05) is 18.2 Å². The van der Waals surface area contributed by atoms with E-state index in [1.54, 1.807) is 24.3 Å². The summed E-state index contributed by atoms with van der Waals surface area (Å²) in [6.45, 7) is -4.58. The van der Waals surface area contributed by atoms with Gasteiger partial charge < -0.3 is 14.4 Å². The van der Waals surface area contributed by atoms with Crippen LogP contribution in [0, 0.1) is 0 Å². The number of halogens is 3. The van der Waals surface area contributed by atoms with Crippen molar-refractivity contribution in [2.24, 2.45) is 0 Å². The summed E-state index contributed by atoms with van der Waals surface area (Å²) in [4.78, 5) is 24.0. The van der Waals surface area contributed by atoms with Crippen molar-refractivity contribution in [2.75, 3.05) is 6.61 Å². The van der Waals surface area contributed by atoms with E-state index in [2.05, 4.69) is 0 Å². The Balaban J connectivity index is 1.54. The van der Waals surface area contributed by atoms with E-state index in [0.717, 1.165) is 12.3 Å². The number of nitrogens with zero attached hydrogens (tertiary/aromatic N) is 1. The molecule has 1 amide bonds. The van der Waals surface area contributed by atoms with E-state index in [1.807, 2.05) is 0 Å². The molecule has 1 aromatic rings. The topological polar surface area (TPSA) is 94.5 Å². The second kappa shape index (κ2) is 8.27. The zero-order valence-electron chi connectivity index (χ0n) is 15.7. The maximum absolute atomic E-state index is 14.8. The van der Waals surface area contributed by atoms with Crippen molar-refractivity contribution in [1.82, 2.24) is 4.90 Å². The molecule has 1 aromatic carbocycles. The van der Waals surface area contributed by atoms with Crippen LogP contribution in [-0.2, 0) is 41.8 Å². The summed E-state index contributed by atoms with van der Waals surface area (Å²) in [6.07, 6.45) is -8.67. The predicted molar refractivity (Wildman–Crippen MR) is 102 cm³/mol. The molecule has 5 atom stereocenters. The second-order valence-corrected chi connectivity index (χ2v) is 10.0. The number of benzene rings is 1. The highest BCUT2D eigenvalue weighted by molar-refractivity contribution is 8.07. The first kappa shape index (κ1) is 22.4. The van der Waals surface area contributed by atoms with Gasteiger partial charge in [0.1, 0.15) is 11.9 Å². The van der Waals surface area contributed by atoms with E-state index in [-0.39, 0.29) is 6.61 Å². The number of aliphatic hydroxyl groups is 1. The normalized spacial score (nSPS) is 35.4. The number of ketones is 1. The summed E-state index contributed by atoms with van der Waals surface area (Å²) < 4.78 is 64.3. The zero-order chi connectivity index (χ0) is 22.4. The van der Waals surface area contributed by atoms with E-state index < -0.39 is 62.0 Å². The lowest BCUT2D eigenvalue weighted by Gasteiger charge is -2.35. The molecule has 4 rings (SSSR count). The lowest BCUT2D eigenvalue weighted by molar-refractivity contribution is -0.200. The molecule has 0 radical (unpaired) electrons. The zero-order valence-corrected chi connectivity index (χ0v) is 17.4. The van der Waals surface area contributed by atoms with Crippen LogP contribution < -0.4 is 4.52 Å². The van der Waals surface area contributed by atoms with Crippen LogP contribution in [0.25, 0.3) is 0 Å². The molecule has 0 aromatic heterocycles. The number of carbonyl (C=O) groups is 2. The van der Waals surface area contributed by atoms with Gasteiger partial charge in [0, 0.05) is 23.6 Å². The van der Waals surface area contributed by atoms with Gasteiger partial charge in [-0.15, -0.1) is 0 Å². The standard InChI is InChI=1S/C18H17F3NO7PS/c19-14-15(25)18(17(20)21,28-16(14)22-6-5-11(23)7-13(22)24)9-27-30(31)26-8-10-3-1-2-4-12(10)29-30/h1-6,14-17,25H,7-9H2/t14-,15+,16-,18-,30?/m1/s1. The quantitative estimate of drug-likeness (QED) is 0.508. The minimum Gasteiger partial charge on any atom is -0.424 e. The van der Waals surface area contributed by atoms with Crippen molar-refractivity contribution in [3.63, 3.8) is 0 Å². The Morgan fingerprint density at radius 3 is 2.81 bits per heavy atom. The molecular formula is C18H17F3NO7PS. The second-order valence-electron chi connectivity index (χ2n) is 7.11. The average Bonchev–Trinajstić information content (AvgIpc) is 2.98. The minimum absolute atomic E-state index is 0.0218. The first-order chi connectivity index (χ1) is 14.7. The lowest BCUT2D eigenvalue weighted by Crippen LogP contribution is -2.52. The molecule has 0 spiro atoms. The number of hydrogen-bond donors (Lipinski definition) is 1. The third-order valence-corrected chi connectivity index (χ3v) is 7.27. The Hall–Kier alpha value is -1.82. The summed E-state index contributed by atoms with van der Waals surface area (Å²) in [7, 11) is 0. The van der Waals surface area contributed by atoms with Crippen LogP contribution in [0.1, 0.15) is 12.0 Å².